The van der Waals surface area contributed by atoms with Crippen LogP contribution in [0.4, 0.5) is 11.4 Å². The zero-order valence-corrected chi connectivity index (χ0v) is 27.8. The van der Waals surface area contributed by atoms with E-state index in [2.05, 4.69) is 30.4 Å². The van der Waals surface area contributed by atoms with Gasteiger partial charge in [-0.2, -0.15) is 0 Å². The Hall–Kier alpha value is -5.14. The van der Waals surface area contributed by atoms with E-state index in [0.717, 1.165) is 88.0 Å². The van der Waals surface area contributed by atoms with Crippen molar-refractivity contribution in [2.45, 2.75) is 0 Å². The molecule has 5 aromatic rings. The van der Waals surface area contributed by atoms with Crippen molar-refractivity contribution < 1.29 is 28.5 Å². The minimum Gasteiger partial charge on any atom is -0.492 e. The molecule has 0 spiro atoms. The Morgan fingerprint density at radius 3 is 1.34 bits per heavy atom. The van der Waals surface area contributed by atoms with E-state index in [9.17, 15) is 9.59 Å². The fourth-order valence-electron chi connectivity index (χ4n) is 5.91. The van der Waals surface area contributed by atoms with E-state index in [1.165, 1.54) is 0 Å². The second-order valence-corrected chi connectivity index (χ2v) is 12.2. The van der Waals surface area contributed by atoms with Crippen LogP contribution < -0.4 is 20.1 Å². The maximum atomic E-state index is 13.2. The maximum Gasteiger partial charge on any atom is 0.274 e. The van der Waals surface area contributed by atoms with E-state index < -0.39 is 0 Å². The van der Waals surface area contributed by atoms with Gasteiger partial charge >= 0.3 is 0 Å². The standard InChI is InChI=1S/C38H40N6O6/c45-37(39-29-5-9-31(10-6-29)49-25-19-43-15-21-47-22-16-43)33-13-3-27-1-2-28-4-14-34(42-36(28)35(27)41-33)38(46)40-30-7-11-32(12-8-30)50-26-20-44-17-23-48-24-18-44/h1-14H,15-26H2,(H,39,45)(H,40,46). The molecule has 50 heavy (non-hydrogen) atoms. The summed E-state index contributed by atoms with van der Waals surface area (Å²) in [6, 6.07) is 25.4. The van der Waals surface area contributed by atoms with Gasteiger partial charge in [0.15, 0.2) is 0 Å². The summed E-state index contributed by atoms with van der Waals surface area (Å²) in [6.07, 6.45) is 0. The minimum atomic E-state index is -0.354. The Morgan fingerprint density at radius 1 is 0.560 bits per heavy atom. The Kier molecular flexibility index (Phi) is 10.7. The number of aromatic nitrogens is 2. The summed E-state index contributed by atoms with van der Waals surface area (Å²) in [5, 5.41) is 7.44. The fourth-order valence-corrected chi connectivity index (χ4v) is 5.91. The van der Waals surface area contributed by atoms with Crippen molar-refractivity contribution in [1.82, 2.24) is 19.8 Å². The monoisotopic (exact) mass is 676 g/mol. The van der Waals surface area contributed by atoms with Crippen LogP contribution >= 0.6 is 0 Å². The smallest absolute Gasteiger partial charge is 0.274 e. The summed E-state index contributed by atoms with van der Waals surface area (Å²) in [7, 11) is 0. The highest BCUT2D eigenvalue weighted by molar-refractivity contribution is 6.09. The molecule has 12 heteroatoms. The van der Waals surface area contributed by atoms with Crippen molar-refractivity contribution in [2.24, 2.45) is 0 Å². The third-order valence-corrected chi connectivity index (χ3v) is 8.77. The molecule has 2 aliphatic rings. The number of carbonyl (C=O) groups excluding carboxylic acids is 2. The molecule has 2 fully saturated rings. The first kappa shape index (κ1) is 33.4. The first-order chi connectivity index (χ1) is 24.6. The second kappa shape index (κ2) is 16.0. The van der Waals surface area contributed by atoms with E-state index >= 15 is 0 Å². The molecule has 0 radical (unpaired) electrons. The second-order valence-electron chi connectivity index (χ2n) is 12.2. The number of hydrogen-bond acceptors (Lipinski definition) is 10. The third-order valence-electron chi connectivity index (χ3n) is 8.77. The van der Waals surface area contributed by atoms with Gasteiger partial charge < -0.3 is 29.6 Å². The molecule has 4 heterocycles. The minimum absolute atomic E-state index is 0.236. The molecule has 2 aliphatic heterocycles. The number of ether oxygens (including phenoxy) is 4. The molecule has 0 aliphatic carbocycles. The topological polar surface area (TPSA) is 127 Å². The van der Waals surface area contributed by atoms with Gasteiger partial charge in [-0.1, -0.05) is 24.3 Å². The molecular weight excluding hydrogens is 636 g/mol. The molecule has 2 aromatic heterocycles. The van der Waals surface area contributed by atoms with Gasteiger partial charge in [0.25, 0.3) is 11.8 Å². The molecule has 7 rings (SSSR count). The number of hydrogen-bond donors (Lipinski definition) is 2. The largest absolute Gasteiger partial charge is 0.492 e. The molecule has 0 atom stereocenters. The normalized spacial score (nSPS) is 15.5. The summed E-state index contributed by atoms with van der Waals surface area (Å²) in [5.41, 5.74) is 2.79. The first-order valence-corrected chi connectivity index (χ1v) is 17.0. The van der Waals surface area contributed by atoms with Gasteiger partial charge in [0.1, 0.15) is 36.1 Å². The highest BCUT2D eigenvalue weighted by atomic mass is 16.5. The highest BCUT2D eigenvalue weighted by Crippen LogP contribution is 2.25. The quantitative estimate of drug-likeness (QED) is 0.180. The number of fused-ring (bicyclic) bond motifs is 3. The zero-order valence-electron chi connectivity index (χ0n) is 27.8. The zero-order chi connectivity index (χ0) is 34.1. The van der Waals surface area contributed by atoms with Gasteiger partial charge in [-0.3, -0.25) is 19.4 Å². The van der Waals surface area contributed by atoms with Crippen molar-refractivity contribution in [1.29, 1.82) is 0 Å². The van der Waals surface area contributed by atoms with Gasteiger partial charge in [0.05, 0.1) is 37.5 Å². The van der Waals surface area contributed by atoms with Crippen LogP contribution in [0.1, 0.15) is 21.0 Å². The number of morpholine rings is 2. The number of carbonyl (C=O) groups is 2. The fraction of sp³-hybridized carbons (Fsp3) is 0.316. The Balaban J connectivity index is 0.974. The van der Waals surface area contributed by atoms with Crippen LogP contribution in [0.3, 0.4) is 0 Å². The van der Waals surface area contributed by atoms with Gasteiger partial charge in [0, 0.05) is 61.4 Å². The van der Waals surface area contributed by atoms with Crippen LogP contribution in [0.15, 0.2) is 84.9 Å². The molecule has 0 bridgehead atoms. The molecular formula is C38H40N6O6. The van der Waals surface area contributed by atoms with Gasteiger partial charge in [0.2, 0.25) is 0 Å². The molecule has 0 saturated carbocycles. The van der Waals surface area contributed by atoms with Crippen LogP contribution in [0.25, 0.3) is 21.8 Å². The lowest BCUT2D eigenvalue weighted by Crippen LogP contribution is -2.38. The number of rotatable bonds is 12. The number of amides is 2. The molecule has 12 nitrogen and oxygen atoms in total. The summed E-state index contributed by atoms with van der Waals surface area (Å²) < 4.78 is 22.5. The Bertz CT molecular complexity index is 1790. The molecule has 2 saturated heterocycles. The lowest BCUT2D eigenvalue weighted by atomic mass is 10.1. The van der Waals surface area contributed by atoms with Crippen LogP contribution in [0.5, 0.6) is 11.5 Å². The van der Waals surface area contributed by atoms with Crippen molar-refractivity contribution in [3.05, 3.63) is 96.3 Å². The van der Waals surface area contributed by atoms with Gasteiger partial charge in [-0.15, -0.1) is 0 Å². The summed E-state index contributed by atoms with van der Waals surface area (Å²) in [4.78, 5) is 40.5. The van der Waals surface area contributed by atoms with E-state index in [1.54, 1.807) is 36.4 Å². The number of nitrogens with zero attached hydrogens (tertiary/aromatic N) is 4. The predicted molar refractivity (Wildman–Crippen MR) is 191 cm³/mol. The van der Waals surface area contributed by atoms with Crippen LogP contribution in [-0.2, 0) is 9.47 Å². The lowest BCUT2D eigenvalue weighted by Gasteiger charge is -2.26. The summed E-state index contributed by atoms with van der Waals surface area (Å²) >= 11 is 0. The molecule has 2 N–H and O–H groups in total. The SMILES string of the molecule is O=C(Nc1ccc(OCCN2CCOCC2)cc1)c1ccc2ccc3ccc(C(=O)Nc4ccc(OCCN5CCOCC5)cc4)nc3c2n1. The van der Waals surface area contributed by atoms with E-state index in [4.69, 9.17) is 18.9 Å². The molecule has 0 unspecified atom stereocenters. The van der Waals surface area contributed by atoms with Crippen LogP contribution in [0, 0.1) is 0 Å². The third kappa shape index (κ3) is 8.52. The highest BCUT2D eigenvalue weighted by Gasteiger charge is 2.15. The molecule has 258 valence electrons. The average Bonchev–Trinajstić information content (AvgIpc) is 3.16. The Labute approximate surface area is 290 Å². The van der Waals surface area contributed by atoms with Crippen molar-refractivity contribution in [3.8, 4) is 11.5 Å². The number of benzene rings is 3. The number of anilines is 2. The summed E-state index contributed by atoms with van der Waals surface area (Å²) in [6.45, 7) is 9.55. The van der Waals surface area contributed by atoms with Gasteiger partial charge in [-0.05, 0) is 60.7 Å². The van der Waals surface area contributed by atoms with Crippen LogP contribution in [0.2, 0.25) is 0 Å². The number of pyridine rings is 2. The lowest BCUT2D eigenvalue weighted by molar-refractivity contribution is 0.0321. The van der Waals surface area contributed by atoms with E-state index in [0.29, 0.717) is 35.6 Å². The van der Waals surface area contributed by atoms with Crippen molar-refractivity contribution >= 4 is 45.0 Å². The first-order valence-electron chi connectivity index (χ1n) is 17.0. The van der Waals surface area contributed by atoms with Crippen molar-refractivity contribution in [2.75, 3.05) is 89.5 Å². The van der Waals surface area contributed by atoms with Crippen LogP contribution in [-0.4, -0.2) is 110 Å². The average molecular weight is 677 g/mol. The Morgan fingerprint density at radius 2 is 0.940 bits per heavy atom. The summed E-state index contributed by atoms with van der Waals surface area (Å²) in [5.74, 6) is 0.761. The van der Waals surface area contributed by atoms with E-state index in [-0.39, 0.29) is 23.2 Å². The maximum absolute atomic E-state index is 13.2. The van der Waals surface area contributed by atoms with Gasteiger partial charge in [-0.25, -0.2) is 9.97 Å². The van der Waals surface area contributed by atoms with E-state index in [1.807, 2.05) is 48.5 Å². The van der Waals surface area contributed by atoms with Crippen molar-refractivity contribution in [3.63, 3.8) is 0 Å². The molecule has 3 aromatic carbocycles. The molecule has 2 amide bonds. The predicted octanol–water partition coefficient (Wildman–Crippen LogP) is 4.71. The number of nitrogens with one attached hydrogen (secondary N) is 2.